The van der Waals surface area contributed by atoms with Gasteiger partial charge >= 0.3 is 18.4 Å². The summed E-state index contributed by atoms with van der Waals surface area (Å²) in [5.74, 6) is -0.103. The normalized spacial score (nSPS) is 21.5. The van der Waals surface area contributed by atoms with E-state index in [2.05, 4.69) is 24.7 Å². The van der Waals surface area contributed by atoms with Crippen LogP contribution >= 0.6 is 0 Å². The van der Waals surface area contributed by atoms with Crippen molar-refractivity contribution in [1.29, 1.82) is 0 Å². The number of carbonyl (C=O) groups is 2. The lowest BCUT2D eigenvalue weighted by Crippen LogP contribution is -2.65. The van der Waals surface area contributed by atoms with Crippen molar-refractivity contribution in [3.05, 3.63) is 41.5 Å². The van der Waals surface area contributed by atoms with E-state index in [0.717, 1.165) is 56.9 Å². The first-order valence-corrected chi connectivity index (χ1v) is 11.5. The molecule has 9 nitrogen and oxygen atoms in total. The van der Waals surface area contributed by atoms with Gasteiger partial charge in [-0.1, -0.05) is 6.07 Å². The summed E-state index contributed by atoms with van der Waals surface area (Å²) < 4.78 is 46.5. The van der Waals surface area contributed by atoms with Crippen molar-refractivity contribution < 1.29 is 32.2 Å². The number of halogens is 3. The molecule has 2 amide bonds. The average molecular weight is 493 g/mol. The number of carbonyl (C=O) groups excluding carboxylic acids is 2. The number of likely N-dealkylation sites (tertiary alicyclic amines) is 2. The number of nitrogens with one attached hydrogen (secondary N) is 1. The highest BCUT2D eigenvalue weighted by molar-refractivity contribution is 5.92. The molecule has 12 heteroatoms. The molecular weight excluding hydrogens is 467 g/mol. The van der Waals surface area contributed by atoms with Crippen LogP contribution in [0.5, 0.6) is 5.75 Å². The van der Waals surface area contributed by atoms with Crippen LogP contribution in [-0.2, 0) is 11.2 Å². The van der Waals surface area contributed by atoms with Gasteiger partial charge in [0.15, 0.2) is 0 Å². The number of benzene rings is 1. The molecule has 35 heavy (non-hydrogen) atoms. The third kappa shape index (κ3) is 4.78. The first kappa shape index (κ1) is 23.4. The molecule has 2 saturated heterocycles. The topological polar surface area (TPSA) is 101 Å². The van der Waals surface area contributed by atoms with Crippen LogP contribution in [0.4, 0.5) is 18.0 Å². The van der Waals surface area contributed by atoms with Crippen molar-refractivity contribution in [2.75, 3.05) is 33.3 Å². The molecule has 1 aliphatic carbocycles. The van der Waals surface area contributed by atoms with Crippen LogP contribution in [0.1, 0.15) is 46.9 Å². The minimum atomic E-state index is -4.90. The quantitative estimate of drug-likeness (QED) is 0.642. The van der Waals surface area contributed by atoms with E-state index < -0.39 is 18.1 Å². The summed E-state index contributed by atoms with van der Waals surface area (Å²) in [7, 11) is 1.11. The number of methoxy groups -OCH3 is 1. The fraction of sp³-hybridized carbons (Fsp3) is 0.565. The number of aromatic nitrogens is 3. The Morgan fingerprint density at radius 3 is 2.66 bits per heavy atom. The number of rotatable bonds is 5. The second-order valence-corrected chi connectivity index (χ2v) is 9.79. The number of hydrogen-bond acceptors (Lipinski definition) is 6. The highest BCUT2D eigenvalue weighted by atomic mass is 19.4. The molecule has 2 aliphatic heterocycles. The Morgan fingerprint density at radius 1 is 1.23 bits per heavy atom. The second kappa shape index (κ2) is 8.72. The molecule has 2 aromatic rings. The van der Waals surface area contributed by atoms with Gasteiger partial charge in [-0.15, -0.1) is 13.2 Å². The zero-order valence-corrected chi connectivity index (χ0v) is 19.2. The van der Waals surface area contributed by atoms with Gasteiger partial charge in [0.05, 0.1) is 7.11 Å². The van der Waals surface area contributed by atoms with E-state index in [1.165, 1.54) is 12.4 Å². The summed E-state index contributed by atoms with van der Waals surface area (Å²) in [4.78, 5) is 32.8. The molecule has 1 saturated carbocycles. The highest BCUT2D eigenvalue weighted by Gasteiger charge is 2.54. The fourth-order valence-electron chi connectivity index (χ4n) is 5.76. The SMILES string of the molecule is COC(=O)c1cc(CC2CC3(C2)CN(C(=O)N2CC[C@H](c4ncn[nH]4)C2)C3)ccc1OC(F)(F)F. The van der Waals surface area contributed by atoms with Crippen LogP contribution < -0.4 is 4.74 Å². The maximum Gasteiger partial charge on any atom is 0.573 e. The Morgan fingerprint density at radius 2 is 2.00 bits per heavy atom. The molecule has 0 radical (unpaired) electrons. The van der Waals surface area contributed by atoms with Gasteiger partial charge in [0, 0.05) is 37.5 Å². The lowest BCUT2D eigenvalue weighted by Gasteiger charge is -2.59. The highest BCUT2D eigenvalue weighted by Crippen LogP contribution is 2.53. The number of hydrogen-bond donors (Lipinski definition) is 1. The molecule has 0 unspecified atom stereocenters. The molecule has 3 fully saturated rings. The fourth-order valence-corrected chi connectivity index (χ4v) is 5.76. The van der Waals surface area contributed by atoms with Crippen molar-refractivity contribution in [3.63, 3.8) is 0 Å². The molecule has 1 aromatic carbocycles. The molecule has 1 aromatic heterocycles. The predicted molar refractivity (Wildman–Crippen MR) is 116 cm³/mol. The number of esters is 1. The summed E-state index contributed by atoms with van der Waals surface area (Å²) in [6.07, 6.45) is -0.0476. The van der Waals surface area contributed by atoms with E-state index in [1.807, 2.05) is 9.80 Å². The molecule has 1 spiro atoms. The van der Waals surface area contributed by atoms with Crippen LogP contribution in [0.25, 0.3) is 0 Å². The lowest BCUT2D eigenvalue weighted by atomic mass is 9.56. The molecule has 1 atom stereocenters. The van der Waals surface area contributed by atoms with E-state index in [9.17, 15) is 22.8 Å². The number of aromatic amines is 1. The Labute approximate surface area is 199 Å². The average Bonchev–Trinajstić information content (AvgIpc) is 3.45. The molecular formula is C23H26F3N5O4. The molecule has 0 bridgehead atoms. The second-order valence-electron chi connectivity index (χ2n) is 9.79. The van der Waals surface area contributed by atoms with Gasteiger partial charge in [-0.2, -0.15) is 5.10 Å². The minimum Gasteiger partial charge on any atom is -0.465 e. The number of amides is 2. The molecule has 3 heterocycles. The summed E-state index contributed by atoms with van der Waals surface area (Å²) >= 11 is 0. The lowest BCUT2D eigenvalue weighted by molar-refractivity contribution is -0.274. The van der Waals surface area contributed by atoms with Gasteiger partial charge in [-0.25, -0.2) is 14.6 Å². The van der Waals surface area contributed by atoms with Crippen LogP contribution in [0.15, 0.2) is 24.5 Å². The standard InChI is InChI=1S/C23H26F3N5O4/c1-34-20(32)17-7-14(2-3-18(17)35-23(24,25)26)6-15-8-22(9-15)11-31(12-22)21(33)30-5-4-16(10-30)19-27-13-28-29-19/h2-3,7,13,15-16H,4-6,8-12H2,1H3,(H,27,28,29)/t16-/m0/s1. The number of urea groups is 1. The van der Waals surface area contributed by atoms with Gasteiger partial charge in [0.2, 0.25) is 0 Å². The molecule has 1 N–H and O–H groups in total. The van der Waals surface area contributed by atoms with E-state index >= 15 is 0 Å². The van der Waals surface area contributed by atoms with E-state index in [0.29, 0.717) is 25.4 Å². The van der Waals surface area contributed by atoms with Crippen molar-refractivity contribution in [2.45, 2.75) is 38.0 Å². The molecule has 188 valence electrons. The Kier molecular flexibility index (Phi) is 5.84. The van der Waals surface area contributed by atoms with Gasteiger partial charge in [0.25, 0.3) is 0 Å². The van der Waals surface area contributed by atoms with Crippen molar-refractivity contribution in [2.24, 2.45) is 11.3 Å². The largest absolute Gasteiger partial charge is 0.573 e. The summed E-state index contributed by atoms with van der Waals surface area (Å²) in [5, 5.41) is 6.77. The Hall–Kier alpha value is -3.31. The number of H-pyrrole nitrogens is 1. The minimum absolute atomic E-state index is 0.0593. The van der Waals surface area contributed by atoms with Gasteiger partial charge in [-0.3, -0.25) is 5.10 Å². The van der Waals surface area contributed by atoms with Crippen molar-refractivity contribution >= 4 is 12.0 Å². The Balaban J connectivity index is 1.12. The van der Waals surface area contributed by atoms with Crippen LogP contribution in [0, 0.1) is 11.3 Å². The summed E-state index contributed by atoms with van der Waals surface area (Å²) in [6, 6.07) is 4.18. The number of alkyl halides is 3. The third-order valence-electron chi connectivity index (χ3n) is 7.24. The van der Waals surface area contributed by atoms with E-state index in [4.69, 9.17) is 0 Å². The maximum atomic E-state index is 12.9. The zero-order valence-electron chi connectivity index (χ0n) is 19.2. The van der Waals surface area contributed by atoms with E-state index in [-0.39, 0.29) is 22.9 Å². The van der Waals surface area contributed by atoms with Gasteiger partial charge in [-0.05, 0) is 49.3 Å². The smallest absolute Gasteiger partial charge is 0.465 e. The monoisotopic (exact) mass is 493 g/mol. The maximum absolute atomic E-state index is 12.9. The summed E-state index contributed by atoms with van der Waals surface area (Å²) in [6.45, 7) is 2.78. The van der Waals surface area contributed by atoms with Crippen LogP contribution in [-0.4, -0.2) is 76.6 Å². The van der Waals surface area contributed by atoms with Gasteiger partial charge in [0.1, 0.15) is 23.5 Å². The predicted octanol–water partition coefficient (Wildman–Crippen LogP) is 3.35. The third-order valence-corrected chi connectivity index (χ3v) is 7.24. The number of ether oxygens (including phenoxy) is 2. The van der Waals surface area contributed by atoms with Crippen molar-refractivity contribution in [1.82, 2.24) is 25.0 Å². The first-order chi connectivity index (χ1) is 16.6. The summed E-state index contributed by atoms with van der Waals surface area (Å²) in [5.41, 5.74) is 0.628. The van der Waals surface area contributed by atoms with Gasteiger partial charge < -0.3 is 19.3 Å². The first-order valence-electron chi connectivity index (χ1n) is 11.5. The van der Waals surface area contributed by atoms with Crippen LogP contribution in [0.2, 0.25) is 0 Å². The number of nitrogens with zero attached hydrogens (tertiary/aromatic N) is 4. The van der Waals surface area contributed by atoms with Crippen molar-refractivity contribution in [3.8, 4) is 5.75 Å². The van der Waals surface area contributed by atoms with E-state index in [1.54, 1.807) is 6.07 Å². The zero-order chi connectivity index (χ0) is 24.8. The Bertz CT molecular complexity index is 1090. The molecule has 5 rings (SSSR count). The van der Waals surface area contributed by atoms with Crippen LogP contribution in [0.3, 0.4) is 0 Å². The molecule has 3 aliphatic rings.